The molecule has 5 aliphatic rings. The monoisotopic (exact) mass is 416 g/mol. The molecule has 0 bridgehead atoms. The summed E-state index contributed by atoms with van der Waals surface area (Å²) in [5.74, 6) is 2.54. The van der Waals surface area contributed by atoms with Gasteiger partial charge < -0.3 is 9.47 Å². The second kappa shape index (κ2) is 7.80. The maximum atomic E-state index is 12.0. The minimum Gasteiger partial charge on any atom is -0.471 e. The average molecular weight is 417 g/mol. The first kappa shape index (κ1) is 21.6. The van der Waals surface area contributed by atoms with E-state index in [1.165, 1.54) is 44.8 Å². The predicted octanol–water partition coefficient (Wildman–Crippen LogP) is 4.77. The number of hydrogen-bond acceptors (Lipinski definition) is 5. The van der Waals surface area contributed by atoms with Crippen LogP contribution in [0.1, 0.15) is 84.5 Å². The van der Waals surface area contributed by atoms with Gasteiger partial charge in [0.2, 0.25) is 0 Å². The van der Waals surface area contributed by atoms with Gasteiger partial charge in [-0.25, -0.2) is 0 Å². The summed E-state index contributed by atoms with van der Waals surface area (Å²) < 4.78 is 9.90. The zero-order valence-corrected chi connectivity index (χ0v) is 18.7. The van der Waals surface area contributed by atoms with Crippen molar-refractivity contribution in [3.05, 3.63) is 11.6 Å². The average Bonchev–Trinajstić information content (AvgIpc) is 3.28. The van der Waals surface area contributed by atoms with Crippen molar-refractivity contribution in [1.82, 2.24) is 0 Å². The van der Waals surface area contributed by atoms with Gasteiger partial charge in [-0.1, -0.05) is 19.4 Å². The molecule has 3 unspecified atom stereocenters. The van der Waals surface area contributed by atoms with Crippen LogP contribution in [0.4, 0.5) is 0 Å². The molecule has 1 spiro atoms. The Labute approximate surface area is 179 Å². The Balaban J connectivity index is 0.000000503. The van der Waals surface area contributed by atoms with Gasteiger partial charge in [-0.2, -0.15) is 0 Å². The number of ketones is 1. The summed E-state index contributed by atoms with van der Waals surface area (Å²) in [5.41, 5.74) is 1.75. The molecule has 5 nitrogen and oxygen atoms in total. The maximum absolute atomic E-state index is 12.0. The van der Waals surface area contributed by atoms with Crippen LogP contribution >= 0.6 is 0 Å². The Morgan fingerprint density at radius 2 is 1.80 bits per heavy atom. The van der Waals surface area contributed by atoms with Gasteiger partial charge in [-0.05, 0) is 87.0 Å². The zero-order chi connectivity index (χ0) is 21.6. The van der Waals surface area contributed by atoms with Crippen molar-refractivity contribution in [3.63, 3.8) is 0 Å². The molecule has 166 valence electrons. The molecule has 0 aromatic rings. The molecule has 3 saturated carbocycles. The molecule has 0 radical (unpaired) electrons. The molecule has 0 aromatic carbocycles. The van der Waals surface area contributed by atoms with Gasteiger partial charge in [0.15, 0.2) is 5.78 Å². The molecule has 5 rings (SSSR count). The van der Waals surface area contributed by atoms with Crippen LogP contribution in [0.3, 0.4) is 0 Å². The highest BCUT2D eigenvalue weighted by Crippen LogP contribution is 2.70. The molecule has 0 N–H and O–H groups in total. The van der Waals surface area contributed by atoms with Crippen molar-refractivity contribution >= 4 is 18.2 Å². The molecule has 1 heterocycles. The lowest BCUT2D eigenvalue weighted by Gasteiger charge is -2.60. The smallest absolute Gasteiger partial charge is 0.306 e. The van der Waals surface area contributed by atoms with Gasteiger partial charge in [-0.3, -0.25) is 14.4 Å². The Morgan fingerprint density at radius 1 is 1.07 bits per heavy atom. The molecular weight excluding hydrogens is 380 g/mol. The highest BCUT2D eigenvalue weighted by Gasteiger charge is 2.67. The number of ether oxygens (including phenoxy) is 2. The van der Waals surface area contributed by atoms with E-state index in [1.807, 2.05) is 6.08 Å². The molecule has 4 fully saturated rings. The lowest BCUT2D eigenvalue weighted by Crippen LogP contribution is -2.55. The largest absolute Gasteiger partial charge is 0.471 e. The first-order valence-corrected chi connectivity index (χ1v) is 11.8. The van der Waals surface area contributed by atoms with E-state index in [-0.39, 0.29) is 22.4 Å². The van der Waals surface area contributed by atoms with Crippen LogP contribution in [0.25, 0.3) is 0 Å². The standard InChI is InChI=1S/C23H32O3.C2H4O2/c1-3-22-11-6-16(24)14-15(22)4-5-17-18-8-12-23(13-9-20(25)26-23)21(18,2)10-7-19(17)22;1-4-2-3/h14,17-19H,3-13H2,1-2H3;2H,1H3/t17-,18?,19?,21?,22-,23+;/m0./s1. The van der Waals surface area contributed by atoms with Crippen molar-refractivity contribution in [2.24, 2.45) is 28.6 Å². The van der Waals surface area contributed by atoms with Gasteiger partial charge in [0, 0.05) is 18.3 Å². The highest BCUT2D eigenvalue weighted by molar-refractivity contribution is 5.91. The van der Waals surface area contributed by atoms with E-state index in [0.29, 0.717) is 24.6 Å². The maximum Gasteiger partial charge on any atom is 0.306 e. The summed E-state index contributed by atoms with van der Waals surface area (Å²) in [7, 11) is 1.31. The summed E-state index contributed by atoms with van der Waals surface area (Å²) in [6.07, 6.45) is 13.6. The quantitative estimate of drug-likeness (QED) is 0.479. The van der Waals surface area contributed by atoms with E-state index < -0.39 is 0 Å². The fourth-order valence-corrected chi connectivity index (χ4v) is 8.32. The summed E-state index contributed by atoms with van der Waals surface area (Å²) >= 11 is 0. The lowest BCUT2D eigenvalue weighted by atomic mass is 9.45. The minimum absolute atomic E-state index is 0.0266. The van der Waals surface area contributed by atoms with Gasteiger partial charge in [0.1, 0.15) is 5.60 Å². The summed E-state index contributed by atoms with van der Waals surface area (Å²) in [4.78, 5) is 33.0. The summed E-state index contributed by atoms with van der Waals surface area (Å²) in [6.45, 7) is 5.16. The molecule has 1 saturated heterocycles. The van der Waals surface area contributed by atoms with E-state index in [2.05, 4.69) is 18.6 Å². The molecule has 0 amide bonds. The molecule has 1 aliphatic heterocycles. The number of esters is 1. The molecule has 0 aromatic heterocycles. The van der Waals surface area contributed by atoms with Crippen molar-refractivity contribution < 1.29 is 23.9 Å². The number of fused-ring (bicyclic) bond motifs is 6. The van der Waals surface area contributed by atoms with Crippen molar-refractivity contribution in [2.75, 3.05) is 7.11 Å². The van der Waals surface area contributed by atoms with Crippen LogP contribution < -0.4 is 0 Å². The number of hydrogen-bond donors (Lipinski definition) is 0. The van der Waals surface area contributed by atoms with Crippen molar-refractivity contribution in [2.45, 2.75) is 90.1 Å². The molecular formula is C25H36O5. The number of allylic oxidation sites excluding steroid dienone is 1. The number of methoxy groups -OCH3 is 1. The van der Waals surface area contributed by atoms with E-state index in [0.717, 1.165) is 43.9 Å². The van der Waals surface area contributed by atoms with Crippen LogP contribution in [-0.2, 0) is 23.9 Å². The second-order valence-corrected chi connectivity index (χ2v) is 10.4. The SMILES string of the molecule is CC[C@]12CCC(=O)C=C1CC[C@H]1C3CC[C@@]4(CCC(=O)O4)C3(C)CCC12.COC=O. The van der Waals surface area contributed by atoms with Crippen molar-refractivity contribution in [3.8, 4) is 0 Å². The van der Waals surface area contributed by atoms with Gasteiger partial charge in [0.05, 0.1) is 7.11 Å². The fourth-order valence-electron chi connectivity index (χ4n) is 8.32. The third-order valence-electron chi connectivity index (χ3n) is 9.75. The minimum atomic E-state index is -0.169. The molecule has 30 heavy (non-hydrogen) atoms. The Morgan fingerprint density at radius 3 is 2.43 bits per heavy atom. The summed E-state index contributed by atoms with van der Waals surface area (Å²) in [5, 5.41) is 0. The zero-order valence-electron chi connectivity index (χ0n) is 18.7. The first-order chi connectivity index (χ1) is 14.4. The van der Waals surface area contributed by atoms with Gasteiger partial charge in [-0.15, -0.1) is 0 Å². The van der Waals surface area contributed by atoms with Gasteiger partial charge in [0.25, 0.3) is 6.47 Å². The number of carbonyl (C=O) groups excluding carboxylic acids is 3. The van der Waals surface area contributed by atoms with E-state index in [4.69, 9.17) is 9.53 Å². The van der Waals surface area contributed by atoms with Crippen molar-refractivity contribution in [1.29, 1.82) is 0 Å². The second-order valence-electron chi connectivity index (χ2n) is 10.4. The molecule has 5 heteroatoms. The normalized spacial score (nSPS) is 44.1. The van der Waals surface area contributed by atoms with E-state index in [1.54, 1.807) is 0 Å². The molecule has 4 aliphatic carbocycles. The lowest BCUT2D eigenvalue weighted by molar-refractivity contribution is -0.168. The summed E-state index contributed by atoms with van der Waals surface area (Å²) in [6, 6.07) is 0. The number of rotatable bonds is 2. The van der Waals surface area contributed by atoms with Gasteiger partial charge >= 0.3 is 5.97 Å². The highest BCUT2D eigenvalue weighted by atomic mass is 16.6. The third-order valence-corrected chi connectivity index (χ3v) is 9.75. The van der Waals surface area contributed by atoms with Crippen LogP contribution in [0, 0.1) is 28.6 Å². The van der Waals surface area contributed by atoms with Crippen LogP contribution in [-0.4, -0.2) is 30.9 Å². The third kappa shape index (κ3) is 2.98. The Kier molecular flexibility index (Phi) is 5.61. The Bertz CT molecular complexity index is 757. The van der Waals surface area contributed by atoms with Crippen LogP contribution in [0.15, 0.2) is 11.6 Å². The topological polar surface area (TPSA) is 69.7 Å². The fraction of sp³-hybridized carbons (Fsp3) is 0.800. The van der Waals surface area contributed by atoms with E-state index in [9.17, 15) is 9.59 Å². The molecule has 6 atom stereocenters. The first-order valence-electron chi connectivity index (χ1n) is 11.8. The number of carbonyl (C=O) groups is 3. The Hall–Kier alpha value is -1.65. The van der Waals surface area contributed by atoms with E-state index >= 15 is 0 Å². The predicted molar refractivity (Wildman–Crippen MR) is 112 cm³/mol. The van der Waals surface area contributed by atoms with Crippen LogP contribution in [0.2, 0.25) is 0 Å². The van der Waals surface area contributed by atoms with Crippen LogP contribution in [0.5, 0.6) is 0 Å².